The molecule has 0 spiro atoms. The van der Waals surface area contributed by atoms with E-state index >= 15 is 0 Å². The zero-order valence-electron chi connectivity index (χ0n) is 11.5. The van der Waals surface area contributed by atoms with Crippen LogP contribution in [0.1, 0.15) is 38.2 Å². The van der Waals surface area contributed by atoms with E-state index in [1.54, 1.807) is 24.3 Å². The molecule has 1 atom stereocenters. The molecule has 0 fully saturated rings. The summed E-state index contributed by atoms with van der Waals surface area (Å²) in [6.07, 6.45) is 4.39. The molecule has 0 saturated carbocycles. The van der Waals surface area contributed by atoms with Gasteiger partial charge in [-0.2, -0.15) is 0 Å². The molecule has 0 saturated heterocycles. The Kier molecular flexibility index (Phi) is 6.53. The molecule has 4 nitrogen and oxygen atoms in total. The number of unbranched alkanes of at least 4 members (excludes halogenated alkanes) is 3. The topological polar surface area (TPSA) is 72.5 Å². The fourth-order valence-electron chi connectivity index (χ4n) is 1.87. The minimum Gasteiger partial charge on any atom is -0.480 e. The van der Waals surface area contributed by atoms with Crippen LogP contribution >= 0.6 is 0 Å². The maximum absolute atomic E-state index is 11.4. The van der Waals surface area contributed by atoms with Crippen LogP contribution < -0.4 is 5.73 Å². The minimum absolute atomic E-state index is 0.00152. The Morgan fingerprint density at radius 2 is 1.95 bits per heavy atom. The van der Waals surface area contributed by atoms with Crippen LogP contribution in [0.2, 0.25) is 0 Å². The second-order valence-corrected chi connectivity index (χ2v) is 4.76. The van der Waals surface area contributed by atoms with Crippen molar-refractivity contribution in [3.8, 4) is 0 Å². The van der Waals surface area contributed by atoms with Gasteiger partial charge in [-0.25, -0.2) is 4.79 Å². The lowest BCUT2D eigenvalue weighted by atomic mass is 9.92. The molecule has 1 unspecified atom stereocenters. The zero-order valence-corrected chi connectivity index (χ0v) is 11.5. The third kappa shape index (κ3) is 4.65. The average molecular weight is 265 g/mol. The van der Waals surface area contributed by atoms with Crippen LogP contribution in [0.4, 0.5) is 0 Å². The van der Waals surface area contributed by atoms with E-state index < -0.39 is 11.5 Å². The van der Waals surface area contributed by atoms with Crippen molar-refractivity contribution >= 4 is 5.97 Å². The van der Waals surface area contributed by atoms with Crippen molar-refractivity contribution in [2.45, 2.75) is 38.1 Å². The lowest BCUT2D eigenvalue weighted by Crippen LogP contribution is -2.49. The van der Waals surface area contributed by atoms with Gasteiger partial charge in [0.25, 0.3) is 0 Å². The van der Waals surface area contributed by atoms with Crippen LogP contribution in [-0.2, 0) is 15.1 Å². The number of benzene rings is 1. The van der Waals surface area contributed by atoms with Crippen LogP contribution in [-0.4, -0.2) is 24.3 Å². The number of hydrogen-bond donors (Lipinski definition) is 2. The highest BCUT2D eigenvalue weighted by Gasteiger charge is 2.36. The van der Waals surface area contributed by atoms with Crippen molar-refractivity contribution in [1.82, 2.24) is 0 Å². The van der Waals surface area contributed by atoms with Crippen LogP contribution in [0.25, 0.3) is 0 Å². The van der Waals surface area contributed by atoms with Gasteiger partial charge in [-0.05, 0) is 12.0 Å². The van der Waals surface area contributed by atoms with Crippen molar-refractivity contribution in [2.75, 3.05) is 13.2 Å². The number of carbonyl (C=O) groups is 1. The zero-order chi connectivity index (χ0) is 14.1. The molecule has 1 aromatic carbocycles. The molecule has 19 heavy (non-hydrogen) atoms. The van der Waals surface area contributed by atoms with Crippen LogP contribution in [0, 0.1) is 0 Å². The van der Waals surface area contributed by atoms with Crippen molar-refractivity contribution in [2.24, 2.45) is 5.73 Å². The summed E-state index contributed by atoms with van der Waals surface area (Å²) in [5, 5.41) is 9.32. The molecule has 0 aliphatic heterocycles. The fourth-order valence-corrected chi connectivity index (χ4v) is 1.87. The van der Waals surface area contributed by atoms with Gasteiger partial charge in [-0.15, -0.1) is 0 Å². The molecular weight excluding hydrogens is 242 g/mol. The Bertz CT molecular complexity index is 380. The molecule has 0 bridgehead atoms. The lowest BCUT2D eigenvalue weighted by molar-refractivity contribution is -0.146. The van der Waals surface area contributed by atoms with Gasteiger partial charge in [-0.3, -0.25) is 0 Å². The highest BCUT2D eigenvalue weighted by molar-refractivity contribution is 5.80. The highest BCUT2D eigenvalue weighted by atomic mass is 16.5. The van der Waals surface area contributed by atoms with Crippen molar-refractivity contribution < 1.29 is 14.6 Å². The third-order valence-corrected chi connectivity index (χ3v) is 3.14. The predicted molar refractivity (Wildman–Crippen MR) is 74.9 cm³/mol. The largest absolute Gasteiger partial charge is 0.480 e. The first-order valence-corrected chi connectivity index (χ1v) is 6.77. The highest BCUT2D eigenvalue weighted by Crippen LogP contribution is 2.19. The fraction of sp³-hybridized carbons (Fsp3) is 0.533. The number of aliphatic carboxylic acids is 1. The molecule has 0 radical (unpaired) electrons. The van der Waals surface area contributed by atoms with Crippen molar-refractivity contribution in [3.05, 3.63) is 35.9 Å². The number of hydrogen-bond acceptors (Lipinski definition) is 3. The average Bonchev–Trinajstić information content (AvgIpc) is 2.43. The Morgan fingerprint density at radius 3 is 2.53 bits per heavy atom. The Balaban J connectivity index is 2.52. The van der Waals surface area contributed by atoms with Gasteiger partial charge in [0.05, 0.1) is 6.61 Å². The van der Waals surface area contributed by atoms with Crippen LogP contribution in [0.3, 0.4) is 0 Å². The van der Waals surface area contributed by atoms with E-state index in [9.17, 15) is 9.90 Å². The number of rotatable bonds is 9. The summed E-state index contributed by atoms with van der Waals surface area (Å²) in [5.74, 6) is -1.06. The third-order valence-electron chi connectivity index (χ3n) is 3.14. The van der Waals surface area contributed by atoms with Crippen molar-refractivity contribution in [1.29, 1.82) is 0 Å². The maximum atomic E-state index is 11.4. The summed E-state index contributed by atoms with van der Waals surface area (Å²) in [7, 11) is 0. The number of carboxylic acids is 1. The molecule has 1 aromatic rings. The molecule has 0 aromatic heterocycles. The Hall–Kier alpha value is -1.39. The number of carboxylic acid groups (broad SMARTS) is 1. The summed E-state index contributed by atoms with van der Waals surface area (Å²) < 4.78 is 5.46. The smallest absolute Gasteiger partial charge is 0.330 e. The molecule has 0 heterocycles. The van der Waals surface area contributed by atoms with Crippen LogP contribution in [0.15, 0.2) is 30.3 Å². The number of nitrogens with two attached hydrogens (primary N) is 1. The van der Waals surface area contributed by atoms with Gasteiger partial charge in [0.1, 0.15) is 0 Å². The van der Waals surface area contributed by atoms with E-state index in [0.29, 0.717) is 12.2 Å². The molecule has 1 rings (SSSR count). The molecular formula is C15H23NO3. The van der Waals surface area contributed by atoms with Gasteiger partial charge in [0.2, 0.25) is 0 Å². The standard InChI is InChI=1S/C15H23NO3/c1-2-3-4-8-11-19-12-15(16,14(17)18)13-9-6-5-7-10-13/h5-7,9-10H,2-4,8,11-12,16H2,1H3,(H,17,18). The van der Waals surface area contributed by atoms with Gasteiger partial charge < -0.3 is 15.6 Å². The van der Waals surface area contributed by atoms with Crippen molar-refractivity contribution in [3.63, 3.8) is 0 Å². The molecule has 4 heteroatoms. The summed E-state index contributed by atoms with van der Waals surface area (Å²) in [5.41, 5.74) is 5.08. The first-order chi connectivity index (χ1) is 9.11. The Morgan fingerprint density at radius 1 is 1.26 bits per heavy atom. The molecule has 0 aliphatic rings. The van der Waals surface area contributed by atoms with Gasteiger partial charge in [0, 0.05) is 6.61 Å². The van der Waals surface area contributed by atoms with Gasteiger partial charge in [-0.1, -0.05) is 56.5 Å². The SMILES string of the molecule is CCCCCCOCC(N)(C(=O)O)c1ccccc1. The summed E-state index contributed by atoms with van der Waals surface area (Å²) in [6.45, 7) is 2.70. The van der Waals surface area contributed by atoms with E-state index in [4.69, 9.17) is 10.5 Å². The van der Waals surface area contributed by atoms with E-state index in [1.165, 1.54) is 12.8 Å². The maximum Gasteiger partial charge on any atom is 0.330 e. The lowest BCUT2D eigenvalue weighted by Gasteiger charge is -2.25. The second-order valence-electron chi connectivity index (χ2n) is 4.76. The monoisotopic (exact) mass is 265 g/mol. The number of ether oxygens (including phenoxy) is 1. The molecule has 106 valence electrons. The normalized spacial score (nSPS) is 14.0. The van der Waals surface area contributed by atoms with E-state index in [1.807, 2.05) is 6.07 Å². The van der Waals surface area contributed by atoms with E-state index in [0.717, 1.165) is 12.8 Å². The van der Waals surface area contributed by atoms with Crippen LogP contribution in [0.5, 0.6) is 0 Å². The minimum atomic E-state index is -1.47. The first kappa shape index (κ1) is 15.7. The summed E-state index contributed by atoms with van der Waals surface area (Å²) >= 11 is 0. The summed E-state index contributed by atoms with van der Waals surface area (Å²) in [6, 6.07) is 8.82. The molecule has 3 N–H and O–H groups in total. The first-order valence-electron chi connectivity index (χ1n) is 6.77. The summed E-state index contributed by atoms with van der Waals surface area (Å²) in [4.78, 5) is 11.4. The van der Waals surface area contributed by atoms with E-state index in [2.05, 4.69) is 6.92 Å². The quantitative estimate of drug-likeness (QED) is 0.673. The Labute approximate surface area is 114 Å². The van der Waals surface area contributed by atoms with Gasteiger partial charge in [0.15, 0.2) is 5.54 Å². The second kappa shape index (κ2) is 7.92. The van der Waals surface area contributed by atoms with E-state index in [-0.39, 0.29) is 6.61 Å². The molecule has 0 aliphatic carbocycles. The predicted octanol–water partition coefficient (Wildman–Crippen LogP) is 2.52. The van der Waals surface area contributed by atoms with Gasteiger partial charge >= 0.3 is 5.97 Å². The molecule has 0 amide bonds.